The highest BCUT2D eigenvalue weighted by molar-refractivity contribution is 5.94. The lowest BCUT2D eigenvalue weighted by atomic mass is 9.94. The highest BCUT2D eigenvalue weighted by Crippen LogP contribution is 2.24. The normalized spacial score (nSPS) is 15.0. The topological polar surface area (TPSA) is 32.3 Å². The smallest absolute Gasteiger partial charge is 0.251 e. The van der Waals surface area contributed by atoms with Gasteiger partial charge in [-0.1, -0.05) is 42.5 Å². The number of nitrogens with zero attached hydrogens (tertiary/aromatic N) is 1. The summed E-state index contributed by atoms with van der Waals surface area (Å²) in [7, 11) is 0. The molecule has 1 heterocycles. The molecule has 0 radical (unpaired) electrons. The van der Waals surface area contributed by atoms with Crippen molar-refractivity contribution in [1.82, 2.24) is 10.2 Å². The third kappa shape index (κ3) is 3.62. The average molecular weight is 308 g/mol. The van der Waals surface area contributed by atoms with Gasteiger partial charge in [0.05, 0.1) is 0 Å². The van der Waals surface area contributed by atoms with Crippen LogP contribution in [0.2, 0.25) is 0 Å². The molecule has 0 spiro atoms. The molecule has 120 valence electrons. The zero-order chi connectivity index (χ0) is 16.3. The van der Waals surface area contributed by atoms with Crippen LogP contribution in [0.25, 0.3) is 0 Å². The number of benzene rings is 2. The monoisotopic (exact) mass is 308 g/mol. The Balaban J connectivity index is 1.62. The number of hydrogen-bond donors (Lipinski definition) is 1. The van der Waals surface area contributed by atoms with Crippen molar-refractivity contribution in [1.29, 1.82) is 0 Å². The fourth-order valence-electron chi connectivity index (χ4n) is 3.11. The van der Waals surface area contributed by atoms with Gasteiger partial charge in [0.2, 0.25) is 0 Å². The summed E-state index contributed by atoms with van der Waals surface area (Å²) in [5, 5.41) is 3.08. The summed E-state index contributed by atoms with van der Waals surface area (Å²) < 4.78 is 0. The standard InChI is InChI=1S/C20H24N2O/c1-20(2,15-21-19(23)17-9-4-3-5-10-17)22-13-12-16-8-6-7-11-18(16)14-22/h3-11H,12-15H2,1-2H3,(H,21,23). The van der Waals surface area contributed by atoms with Crippen molar-refractivity contribution < 1.29 is 4.79 Å². The van der Waals surface area contributed by atoms with E-state index in [0.717, 1.165) is 19.5 Å². The molecule has 1 aliphatic heterocycles. The Morgan fingerprint density at radius 2 is 1.70 bits per heavy atom. The van der Waals surface area contributed by atoms with E-state index in [1.807, 2.05) is 30.3 Å². The third-order valence-corrected chi connectivity index (χ3v) is 4.70. The first-order valence-corrected chi connectivity index (χ1v) is 8.21. The van der Waals surface area contributed by atoms with Crippen LogP contribution in [0.1, 0.15) is 35.3 Å². The second-order valence-corrected chi connectivity index (χ2v) is 6.80. The SMILES string of the molecule is CC(C)(CNC(=O)c1ccccc1)N1CCc2ccccc2C1. The van der Waals surface area contributed by atoms with Crippen molar-refractivity contribution in [2.24, 2.45) is 0 Å². The number of carbonyl (C=O) groups excluding carboxylic acids is 1. The molecule has 1 aliphatic rings. The Kier molecular flexibility index (Phi) is 4.49. The Morgan fingerprint density at radius 3 is 2.43 bits per heavy atom. The van der Waals surface area contributed by atoms with Gasteiger partial charge < -0.3 is 5.32 Å². The van der Waals surface area contributed by atoms with Crippen LogP contribution in [0.15, 0.2) is 54.6 Å². The molecule has 23 heavy (non-hydrogen) atoms. The molecular weight excluding hydrogens is 284 g/mol. The summed E-state index contributed by atoms with van der Waals surface area (Å²) in [6.45, 7) is 7.02. The lowest BCUT2D eigenvalue weighted by molar-refractivity contribution is 0.0826. The number of nitrogens with one attached hydrogen (secondary N) is 1. The lowest BCUT2D eigenvalue weighted by Crippen LogP contribution is -2.53. The number of carbonyl (C=O) groups is 1. The fourth-order valence-corrected chi connectivity index (χ4v) is 3.11. The van der Waals surface area contributed by atoms with E-state index < -0.39 is 0 Å². The van der Waals surface area contributed by atoms with E-state index in [2.05, 4.69) is 48.3 Å². The van der Waals surface area contributed by atoms with Crippen LogP contribution in [0, 0.1) is 0 Å². The van der Waals surface area contributed by atoms with Gasteiger partial charge in [-0.2, -0.15) is 0 Å². The highest BCUT2D eigenvalue weighted by Gasteiger charge is 2.30. The highest BCUT2D eigenvalue weighted by atomic mass is 16.1. The Labute approximate surface area is 138 Å². The molecule has 0 aliphatic carbocycles. The van der Waals surface area contributed by atoms with Crippen molar-refractivity contribution in [2.75, 3.05) is 13.1 Å². The van der Waals surface area contributed by atoms with Gasteiger partial charge in [-0.25, -0.2) is 0 Å². The molecule has 3 nitrogen and oxygen atoms in total. The minimum absolute atomic E-state index is 0.00363. The Morgan fingerprint density at radius 1 is 1.04 bits per heavy atom. The van der Waals surface area contributed by atoms with E-state index >= 15 is 0 Å². The van der Waals surface area contributed by atoms with Crippen LogP contribution in [0.3, 0.4) is 0 Å². The fraction of sp³-hybridized carbons (Fsp3) is 0.350. The maximum atomic E-state index is 12.2. The van der Waals surface area contributed by atoms with E-state index in [-0.39, 0.29) is 11.4 Å². The van der Waals surface area contributed by atoms with Crippen LogP contribution in [0.4, 0.5) is 0 Å². The van der Waals surface area contributed by atoms with E-state index in [1.54, 1.807) is 0 Å². The number of amides is 1. The maximum absolute atomic E-state index is 12.2. The molecule has 0 saturated heterocycles. The van der Waals surface area contributed by atoms with Crippen LogP contribution < -0.4 is 5.32 Å². The predicted molar refractivity (Wildman–Crippen MR) is 93.4 cm³/mol. The summed E-state index contributed by atoms with van der Waals surface area (Å²) in [5.41, 5.74) is 3.50. The molecule has 1 N–H and O–H groups in total. The summed E-state index contributed by atoms with van der Waals surface area (Å²) in [6.07, 6.45) is 1.08. The molecule has 1 amide bonds. The van der Waals surface area contributed by atoms with Crippen LogP contribution >= 0.6 is 0 Å². The Hall–Kier alpha value is -2.13. The summed E-state index contributed by atoms with van der Waals surface area (Å²) >= 11 is 0. The molecule has 0 saturated carbocycles. The summed E-state index contributed by atoms with van der Waals surface area (Å²) in [5.74, 6) is -0.00363. The molecular formula is C20H24N2O. The largest absolute Gasteiger partial charge is 0.350 e. The number of rotatable bonds is 4. The predicted octanol–water partition coefficient (Wildman–Crippen LogP) is 3.25. The van der Waals surface area contributed by atoms with Gasteiger partial charge in [0.15, 0.2) is 0 Å². The van der Waals surface area contributed by atoms with Crippen molar-refractivity contribution in [3.8, 4) is 0 Å². The molecule has 2 aromatic carbocycles. The minimum Gasteiger partial charge on any atom is -0.350 e. The number of hydrogen-bond acceptors (Lipinski definition) is 2. The van der Waals surface area contributed by atoms with Crippen molar-refractivity contribution in [3.63, 3.8) is 0 Å². The van der Waals surface area contributed by atoms with Crippen molar-refractivity contribution in [2.45, 2.75) is 32.4 Å². The van der Waals surface area contributed by atoms with Crippen LogP contribution in [0.5, 0.6) is 0 Å². The van der Waals surface area contributed by atoms with Crippen molar-refractivity contribution in [3.05, 3.63) is 71.3 Å². The first-order chi connectivity index (χ1) is 11.1. The van der Waals surface area contributed by atoms with Gasteiger partial charge in [-0.05, 0) is 43.5 Å². The van der Waals surface area contributed by atoms with E-state index in [4.69, 9.17) is 0 Å². The molecule has 0 atom stereocenters. The second-order valence-electron chi connectivity index (χ2n) is 6.80. The van der Waals surface area contributed by atoms with Gasteiger partial charge in [0.25, 0.3) is 5.91 Å². The van der Waals surface area contributed by atoms with Gasteiger partial charge >= 0.3 is 0 Å². The van der Waals surface area contributed by atoms with Crippen LogP contribution in [-0.2, 0) is 13.0 Å². The maximum Gasteiger partial charge on any atom is 0.251 e. The van der Waals surface area contributed by atoms with E-state index in [0.29, 0.717) is 12.1 Å². The van der Waals surface area contributed by atoms with E-state index in [1.165, 1.54) is 11.1 Å². The summed E-state index contributed by atoms with van der Waals surface area (Å²) in [6, 6.07) is 18.0. The lowest BCUT2D eigenvalue weighted by Gasteiger charge is -2.41. The summed E-state index contributed by atoms with van der Waals surface area (Å²) in [4.78, 5) is 14.7. The zero-order valence-electron chi connectivity index (χ0n) is 13.9. The average Bonchev–Trinajstić information content (AvgIpc) is 2.60. The third-order valence-electron chi connectivity index (χ3n) is 4.70. The van der Waals surface area contributed by atoms with E-state index in [9.17, 15) is 4.79 Å². The van der Waals surface area contributed by atoms with Gasteiger partial charge in [-0.15, -0.1) is 0 Å². The number of fused-ring (bicyclic) bond motifs is 1. The van der Waals surface area contributed by atoms with Crippen molar-refractivity contribution >= 4 is 5.91 Å². The molecule has 2 aromatic rings. The van der Waals surface area contributed by atoms with Gasteiger partial charge in [0, 0.05) is 30.7 Å². The zero-order valence-corrected chi connectivity index (χ0v) is 13.9. The first kappa shape index (κ1) is 15.8. The quantitative estimate of drug-likeness (QED) is 0.940. The second kappa shape index (κ2) is 6.55. The molecule has 0 bridgehead atoms. The minimum atomic E-state index is -0.0715. The van der Waals surface area contributed by atoms with Gasteiger partial charge in [0.1, 0.15) is 0 Å². The molecule has 0 fully saturated rings. The van der Waals surface area contributed by atoms with Gasteiger partial charge in [-0.3, -0.25) is 9.69 Å². The molecule has 3 rings (SSSR count). The Bertz CT molecular complexity index is 679. The van der Waals surface area contributed by atoms with Crippen LogP contribution in [-0.4, -0.2) is 29.4 Å². The first-order valence-electron chi connectivity index (χ1n) is 8.21. The molecule has 0 aromatic heterocycles. The molecule has 3 heteroatoms. The molecule has 0 unspecified atom stereocenters.